The molecule has 2 rings (SSSR count). The number of rotatable bonds is 8. The average Bonchev–Trinajstić information content (AvgIpc) is 2.85. The summed E-state index contributed by atoms with van der Waals surface area (Å²) in [6, 6.07) is 4.06. The molecule has 2 heterocycles. The van der Waals surface area contributed by atoms with E-state index in [0.717, 1.165) is 30.2 Å². The van der Waals surface area contributed by atoms with Crippen molar-refractivity contribution >= 4 is 48.1 Å². The first-order valence-electron chi connectivity index (χ1n) is 7.18. The number of fused-ring (bicyclic) bond motifs is 1. The Morgan fingerprint density at radius 3 is 2.78 bits per heavy atom. The monoisotopic (exact) mass is 378 g/mol. The van der Waals surface area contributed by atoms with Gasteiger partial charge in [0.2, 0.25) is 5.91 Å². The molecule has 8 heteroatoms. The third-order valence-corrected chi connectivity index (χ3v) is 3.97. The van der Waals surface area contributed by atoms with Crippen molar-refractivity contribution in [3.05, 3.63) is 35.8 Å². The Labute approximate surface area is 153 Å². The van der Waals surface area contributed by atoms with Gasteiger partial charge in [0.25, 0.3) is 0 Å². The molecule has 130 valence electrons. The van der Waals surface area contributed by atoms with E-state index in [1.54, 1.807) is 11.8 Å². The Bertz CT molecular complexity index is 606. The highest BCUT2D eigenvalue weighted by atomic mass is 35.5. The van der Waals surface area contributed by atoms with Crippen molar-refractivity contribution in [2.24, 2.45) is 0 Å². The van der Waals surface area contributed by atoms with Crippen molar-refractivity contribution in [2.45, 2.75) is 19.6 Å². The molecule has 2 aromatic rings. The van der Waals surface area contributed by atoms with E-state index in [1.165, 1.54) is 5.56 Å². The Hall–Kier alpha value is -0.950. The van der Waals surface area contributed by atoms with Gasteiger partial charge in [-0.3, -0.25) is 4.79 Å². The molecule has 0 saturated carbocycles. The fraction of sp³-hybridized carbons (Fsp3) is 0.467. The SMILES string of the molecule is CCNCCNC(=O)CSCc1cn2cc(C)ccc2n1.Cl.Cl. The smallest absolute Gasteiger partial charge is 0.230 e. The lowest BCUT2D eigenvalue weighted by Crippen LogP contribution is -2.32. The first-order chi connectivity index (χ1) is 10.2. The number of amides is 1. The van der Waals surface area contributed by atoms with Crippen LogP contribution in [0.25, 0.3) is 5.65 Å². The van der Waals surface area contributed by atoms with Gasteiger partial charge in [-0.25, -0.2) is 4.98 Å². The maximum atomic E-state index is 11.6. The van der Waals surface area contributed by atoms with E-state index < -0.39 is 0 Å². The number of imidazole rings is 1. The lowest BCUT2D eigenvalue weighted by molar-refractivity contribution is -0.118. The number of pyridine rings is 1. The summed E-state index contributed by atoms with van der Waals surface area (Å²) in [7, 11) is 0. The molecule has 2 aromatic heterocycles. The van der Waals surface area contributed by atoms with E-state index in [4.69, 9.17) is 0 Å². The number of hydrogen-bond acceptors (Lipinski definition) is 4. The highest BCUT2D eigenvalue weighted by molar-refractivity contribution is 7.99. The van der Waals surface area contributed by atoms with Gasteiger partial charge in [-0.1, -0.05) is 13.0 Å². The highest BCUT2D eigenvalue weighted by Crippen LogP contribution is 2.13. The Balaban J connectivity index is 0.00000242. The predicted octanol–water partition coefficient (Wildman–Crippen LogP) is 2.45. The molecule has 5 nitrogen and oxygen atoms in total. The molecule has 0 spiro atoms. The van der Waals surface area contributed by atoms with E-state index in [1.807, 2.05) is 23.6 Å². The molecular formula is C15H24Cl2N4OS. The molecule has 23 heavy (non-hydrogen) atoms. The number of thioether (sulfide) groups is 1. The second-order valence-electron chi connectivity index (χ2n) is 4.90. The molecule has 0 aromatic carbocycles. The molecule has 2 N–H and O–H groups in total. The van der Waals surface area contributed by atoms with E-state index in [-0.39, 0.29) is 30.7 Å². The first kappa shape index (κ1) is 22.1. The van der Waals surface area contributed by atoms with Gasteiger partial charge in [-0.2, -0.15) is 0 Å². The summed E-state index contributed by atoms with van der Waals surface area (Å²) in [6.07, 6.45) is 4.09. The van der Waals surface area contributed by atoms with Gasteiger partial charge in [0.05, 0.1) is 11.4 Å². The predicted molar refractivity (Wildman–Crippen MR) is 102 cm³/mol. The Morgan fingerprint density at radius 1 is 1.26 bits per heavy atom. The van der Waals surface area contributed by atoms with Crippen LogP contribution in [0.1, 0.15) is 18.2 Å². The molecule has 0 radical (unpaired) electrons. The first-order valence-corrected chi connectivity index (χ1v) is 8.34. The summed E-state index contributed by atoms with van der Waals surface area (Å²) in [4.78, 5) is 16.2. The van der Waals surface area contributed by atoms with Crippen LogP contribution in [0.4, 0.5) is 0 Å². The zero-order valence-electron chi connectivity index (χ0n) is 13.4. The molecule has 0 fully saturated rings. The third kappa shape index (κ3) is 7.44. The number of carbonyl (C=O) groups excluding carboxylic acids is 1. The molecule has 0 aliphatic heterocycles. The molecule has 0 saturated heterocycles. The Kier molecular flexibility index (Phi) is 11.1. The minimum absolute atomic E-state index is 0. The van der Waals surface area contributed by atoms with Crippen LogP contribution in [0.15, 0.2) is 24.5 Å². The molecule has 0 atom stereocenters. The quantitative estimate of drug-likeness (QED) is 0.692. The normalized spacial score (nSPS) is 10.0. The second-order valence-corrected chi connectivity index (χ2v) is 5.89. The van der Waals surface area contributed by atoms with Crippen molar-refractivity contribution in [3.63, 3.8) is 0 Å². The fourth-order valence-corrected chi connectivity index (χ4v) is 2.73. The fourth-order valence-electron chi connectivity index (χ4n) is 1.99. The standard InChI is InChI=1S/C15H22N4OS.2ClH/c1-3-16-6-7-17-15(20)11-21-10-13-9-19-8-12(2)4-5-14(19)18-13;;/h4-5,8-9,16H,3,6-7,10-11H2,1-2H3,(H,17,20);2*1H. The number of aromatic nitrogens is 2. The number of likely N-dealkylation sites (N-methyl/N-ethyl adjacent to an activating group) is 1. The number of hydrogen-bond donors (Lipinski definition) is 2. The lowest BCUT2D eigenvalue weighted by atomic mass is 10.3. The van der Waals surface area contributed by atoms with E-state index >= 15 is 0 Å². The minimum atomic E-state index is 0. The van der Waals surface area contributed by atoms with Crippen molar-refractivity contribution < 1.29 is 4.79 Å². The molecular weight excluding hydrogens is 355 g/mol. The zero-order chi connectivity index (χ0) is 15.1. The maximum Gasteiger partial charge on any atom is 0.230 e. The van der Waals surface area contributed by atoms with Crippen molar-refractivity contribution in [3.8, 4) is 0 Å². The zero-order valence-corrected chi connectivity index (χ0v) is 15.8. The van der Waals surface area contributed by atoms with Crippen LogP contribution in [0.3, 0.4) is 0 Å². The average molecular weight is 379 g/mol. The summed E-state index contributed by atoms with van der Waals surface area (Å²) in [5.41, 5.74) is 3.16. The van der Waals surface area contributed by atoms with Gasteiger partial charge < -0.3 is 15.0 Å². The van der Waals surface area contributed by atoms with Crippen LogP contribution in [0.2, 0.25) is 0 Å². The summed E-state index contributed by atoms with van der Waals surface area (Å²) in [6.45, 7) is 6.54. The maximum absolute atomic E-state index is 11.6. The van der Waals surface area contributed by atoms with Gasteiger partial charge in [0.15, 0.2) is 0 Å². The van der Waals surface area contributed by atoms with Gasteiger partial charge in [0.1, 0.15) is 5.65 Å². The van der Waals surface area contributed by atoms with Gasteiger partial charge >= 0.3 is 0 Å². The van der Waals surface area contributed by atoms with E-state index in [2.05, 4.69) is 34.8 Å². The van der Waals surface area contributed by atoms with Crippen molar-refractivity contribution in [1.82, 2.24) is 20.0 Å². The van der Waals surface area contributed by atoms with Crippen LogP contribution in [0, 0.1) is 6.92 Å². The van der Waals surface area contributed by atoms with Crippen LogP contribution in [-0.4, -0.2) is 40.7 Å². The number of aryl methyl sites for hydroxylation is 1. The molecule has 1 amide bonds. The minimum Gasteiger partial charge on any atom is -0.354 e. The van der Waals surface area contributed by atoms with E-state index in [0.29, 0.717) is 12.3 Å². The molecule has 0 aliphatic rings. The topological polar surface area (TPSA) is 58.4 Å². The number of carbonyl (C=O) groups is 1. The summed E-state index contributed by atoms with van der Waals surface area (Å²) in [5, 5.41) is 6.06. The van der Waals surface area contributed by atoms with Crippen LogP contribution in [-0.2, 0) is 10.5 Å². The van der Waals surface area contributed by atoms with Crippen molar-refractivity contribution in [1.29, 1.82) is 0 Å². The highest BCUT2D eigenvalue weighted by Gasteiger charge is 2.04. The molecule has 0 bridgehead atoms. The largest absolute Gasteiger partial charge is 0.354 e. The van der Waals surface area contributed by atoms with E-state index in [9.17, 15) is 4.79 Å². The molecule has 0 aliphatic carbocycles. The molecule has 0 unspecified atom stereocenters. The number of halogens is 2. The van der Waals surface area contributed by atoms with Gasteiger partial charge in [-0.15, -0.1) is 36.6 Å². The van der Waals surface area contributed by atoms with Crippen LogP contribution in [0.5, 0.6) is 0 Å². The van der Waals surface area contributed by atoms with Gasteiger partial charge in [0, 0.05) is 31.2 Å². The lowest BCUT2D eigenvalue weighted by Gasteiger charge is -2.04. The van der Waals surface area contributed by atoms with Crippen molar-refractivity contribution in [2.75, 3.05) is 25.4 Å². The second kappa shape index (κ2) is 11.6. The number of nitrogens with zero attached hydrogens (tertiary/aromatic N) is 2. The Morgan fingerprint density at radius 2 is 2.04 bits per heavy atom. The third-order valence-electron chi connectivity index (χ3n) is 3.01. The van der Waals surface area contributed by atoms with Gasteiger partial charge in [-0.05, 0) is 25.1 Å². The summed E-state index contributed by atoms with van der Waals surface area (Å²) in [5.74, 6) is 1.30. The summed E-state index contributed by atoms with van der Waals surface area (Å²) >= 11 is 1.59. The number of nitrogens with one attached hydrogen (secondary N) is 2. The van der Waals surface area contributed by atoms with Crippen LogP contribution < -0.4 is 10.6 Å². The summed E-state index contributed by atoms with van der Waals surface area (Å²) < 4.78 is 2.03. The van der Waals surface area contributed by atoms with Crippen LogP contribution >= 0.6 is 36.6 Å².